The Hall–Kier alpha value is -1.52. The number of hydrogen-bond donors (Lipinski definition) is 1. The van der Waals surface area contributed by atoms with Gasteiger partial charge in [-0.15, -0.1) is 0 Å². The van der Waals surface area contributed by atoms with Gasteiger partial charge in [0.25, 0.3) is 5.88 Å². The van der Waals surface area contributed by atoms with E-state index in [1.165, 1.54) is 25.6 Å². The Bertz CT molecular complexity index is 392. The largest absolute Gasteiger partial charge is 0.489 e. The lowest BCUT2D eigenvalue weighted by atomic mass is 9.98. The number of anilines is 1. The minimum Gasteiger partial charge on any atom is -0.489 e. The van der Waals surface area contributed by atoms with E-state index < -0.39 is 0 Å². The zero-order valence-corrected chi connectivity index (χ0v) is 11.8. The van der Waals surface area contributed by atoms with E-state index in [0.717, 1.165) is 25.8 Å². The number of nitrogens with one attached hydrogen (secondary N) is 1. The molecule has 1 aliphatic carbocycles. The zero-order valence-electron chi connectivity index (χ0n) is 11.8. The van der Waals surface area contributed by atoms with Gasteiger partial charge in [0, 0.05) is 6.54 Å². The quantitative estimate of drug-likeness (QED) is 0.856. The summed E-state index contributed by atoms with van der Waals surface area (Å²) >= 11 is 0. The van der Waals surface area contributed by atoms with E-state index >= 15 is 0 Å². The molecule has 1 aromatic heterocycles. The summed E-state index contributed by atoms with van der Waals surface area (Å²) in [6.45, 7) is 2.97. The van der Waals surface area contributed by atoms with Gasteiger partial charge in [-0.2, -0.15) is 4.98 Å². The Labute approximate surface area is 114 Å². The smallest absolute Gasteiger partial charge is 0.262 e. The van der Waals surface area contributed by atoms with Crippen LogP contribution in [0.2, 0.25) is 0 Å². The Morgan fingerprint density at radius 3 is 2.74 bits per heavy atom. The van der Waals surface area contributed by atoms with E-state index in [9.17, 15) is 0 Å². The van der Waals surface area contributed by atoms with Crippen LogP contribution in [0.4, 0.5) is 5.82 Å². The highest BCUT2D eigenvalue weighted by Gasteiger charge is 2.20. The Kier molecular flexibility index (Phi) is 5.24. The number of hydrogen-bond acceptors (Lipinski definition) is 5. The summed E-state index contributed by atoms with van der Waals surface area (Å²) < 4.78 is 11.4. The molecule has 1 aromatic rings. The third kappa shape index (κ3) is 3.72. The van der Waals surface area contributed by atoms with Gasteiger partial charge < -0.3 is 14.8 Å². The van der Waals surface area contributed by atoms with Crippen LogP contribution in [-0.2, 0) is 0 Å². The lowest BCUT2D eigenvalue weighted by Crippen LogP contribution is -2.21. The van der Waals surface area contributed by atoms with E-state index in [2.05, 4.69) is 22.2 Å². The molecule has 0 aromatic carbocycles. The van der Waals surface area contributed by atoms with Crippen molar-refractivity contribution in [3.63, 3.8) is 0 Å². The summed E-state index contributed by atoms with van der Waals surface area (Å²) in [5.41, 5.74) is 0. The lowest BCUT2D eigenvalue weighted by molar-refractivity contribution is 0.143. The molecule has 1 heterocycles. The minimum absolute atomic E-state index is 0.261. The maximum absolute atomic E-state index is 5.98. The molecule has 0 amide bonds. The molecule has 5 heteroatoms. The number of ether oxygens (including phenoxy) is 2. The second-order valence-corrected chi connectivity index (χ2v) is 4.87. The molecule has 0 radical (unpaired) electrons. The van der Waals surface area contributed by atoms with E-state index in [1.54, 1.807) is 7.11 Å². The van der Waals surface area contributed by atoms with Gasteiger partial charge in [-0.05, 0) is 32.1 Å². The maximum Gasteiger partial charge on any atom is 0.262 e. The molecule has 1 aliphatic rings. The van der Waals surface area contributed by atoms with Crippen molar-refractivity contribution >= 4 is 5.82 Å². The molecule has 19 heavy (non-hydrogen) atoms. The molecule has 2 rings (SSSR count). The Balaban J connectivity index is 2.09. The van der Waals surface area contributed by atoms with Gasteiger partial charge in [0.2, 0.25) is 5.75 Å². The zero-order chi connectivity index (χ0) is 13.5. The average molecular weight is 265 g/mol. The molecular formula is C14H23N3O2. The Morgan fingerprint density at radius 2 is 2.05 bits per heavy atom. The van der Waals surface area contributed by atoms with E-state index in [4.69, 9.17) is 9.47 Å². The van der Waals surface area contributed by atoms with Crippen molar-refractivity contribution in [1.82, 2.24) is 9.97 Å². The number of methoxy groups -OCH3 is 1. The summed E-state index contributed by atoms with van der Waals surface area (Å²) in [5, 5.41) is 3.24. The standard InChI is InChI=1S/C14H23N3O2/c1-3-9-15-13-12(18-2)14(17-10-16-13)19-11-7-5-4-6-8-11/h10-11H,3-9H2,1-2H3,(H,15,16,17). The average Bonchev–Trinajstić information content (AvgIpc) is 2.46. The van der Waals surface area contributed by atoms with Crippen LogP contribution in [0.25, 0.3) is 0 Å². The molecule has 0 spiro atoms. The van der Waals surface area contributed by atoms with Crippen LogP contribution in [0.5, 0.6) is 11.6 Å². The molecule has 5 nitrogen and oxygen atoms in total. The van der Waals surface area contributed by atoms with Crippen LogP contribution in [0.15, 0.2) is 6.33 Å². The van der Waals surface area contributed by atoms with E-state index in [1.807, 2.05) is 0 Å². The highest BCUT2D eigenvalue weighted by molar-refractivity contribution is 5.55. The Morgan fingerprint density at radius 1 is 1.26 bits per heavy atom. The topological polar surface area (TPSA) is 56.3 Å². The third-order valence-corrected chi connectivity index (χ3v) is 3.35. The van der Waals surface area contributed by atoms with Gasteiger partial charge in [-0.25, -0.2) is 4.98 Å². The minimum atomic E-state index is 0.261. The summed E-state index contributed by atoms with van der Waals surface area (Å²) in [4.78, 5) is 8.43. The van der Waals surface area contributed by atoms with Gasteiger partial charge in [0.1, 0.15) is 12.4 Å². The third-order valence-electron chi connectivity index (χ3n) is 3.35. The van der Waals surface area contributed by atoms with Crippen molar-refractivity contribution in [3.8, 4) is 11.6 Å². The molecule has 0 bridgehead atoms. The van der Waals surface area contributed by atoms with Gasteiger partial charge >= 0.3 is 0 Å². The number of aromatic nitrogens is 2. The van der Waals surface area contributed by atoms with Crippen molar-refractivity contribution < 1.29 is 9.47 Å². The highest BCUT2D eigenvalue weighted by atomic mass is 16.5. The fraction of sp³-hybridized carbons (Fsp3) is 0.714. The summed E-state index contributed by atoms with van der Waals surface area (Å²) in [7, 11) is 1.63. The van der Waals surface area contributed by atoms with Crippen molar-refractivity contribution in [2.75, 3.05) is 19.0 Å². The van der Waals surface area contributed by atoms with Crippen LogP contribution in [-0.4, -0.2) is 29.7 Å². The van der Waals surface area contributed by atoms with Crippen LogP contribution < -0.4 is 14.8 Å². The molecule has 0 saturated heterocycles. The monoisotopic (exact) mass is 265 g/mol. The first-order chi connectivity index (χ1) is 9.35. The normalized spacial score (nSPS) is 16.1. The van der Waals surface area contributed by atoms with Crippen molar-refractivity contribution in [1.29, 1.82) is 0 Å². The predicted molar refractivity (Wildman–Crippen MR) is 74.9 cm³/mol. The second-order valence-electron chi connectivity index (χ2n) is 4.87. The fourth-order valence-electron chi connectivity index (χ4n) is 2.34. The van der Waals surface area contributed by atoms with Crippen LogP contribution in [0, 0.1) is 0 Å². The first-order valence-electron chi connectivity index (χ1n) is 7.14. The maximum atomic E-state index is 5.98. The van der Waals surface area contributed by atoms with Crippen molar-refractivity contribution in [2.45, 2.75) is 51.6 Å². The number of nitrogens with zero attached hydrogens (tertiary/aromatic N) is 2. The molecular weight excluding hydrogens is 242 g/mol. The SMILES string of the molecule is CCCNc1ncnc(OC2CCCCC2)c1OC. The molecule has 1 saturated carbocycles. The van der Waals surface area contributed by atoms with Crippen LogP contribution in [0.3, 0.4) is 0 Å². The van der Waals surface area contributed by atoms with E-state index in [0.29, 0.717) is 17.4 Å². The van der Waals surface area contributed by atoms with Crippen LogP contribution in [0.1, 0.15) is 45.4 Å². The predicted octanol–water partition coefficient (Wildman–Crippen LogP) is 3.02. The number of rotatable bonds is 6. The molecule has 0 unspecified atom stereocenters. The van der Waals surface area contributed by atoms with Gasteiger partial charge in [0.15, 0.2) is 5.82 Å². The molecule has 1 N–H and O–H groups in total. The highest BCUT2D eigenvalue weighted by Crippen LogP contribution is 2.33. The lowest BCUT2D eigenvalue weighted by Gasteiger charge is -2.23. The first kappa shape index (κ1) is 13.9. The summed E-state index contributed by atoms with van der Waals surface area (Å²) in [6.07, 6.45) is 8.80. The second kappa shape index (κ2) is 7.16. The van der Waals surface area contributed by atoms with Gasteiger partial charge in [0.05, 0.1) is 7.11 Å². The van der Waals surface area contributed by atoms with Crippen LogP contribution >= 0.6 is 0 Å². The van der Waals surface area contributed by atoms with Crippen molar-refractivity contribution in [2.24, 2.45) is 0 Å². The van der Waals surface area contributed by atoms with Crippen molar-refractivity contribution in [3.05, 3.63) is 6.33 Å². The molecule has 106 valence electrons. The molecule has 1 fully saturated rings. The molecule has 0 aliphatic heterocycles. The van der Waals surface area contributed by atoms with Gasteiger partial charge in [-0.1, -0.05) is 13.3 Å². The first-order valence-corrected chi connectivity index (χ1v) is 7.14. The fourth-order valence-corrected chi connectivity index (χ4v) is 2.34. The summed E-state index contributed by atoms with van der Waals surface area (Å²) in [5.74, 6) is 1.88. The molecule has 0 atom stereocenters. The summed E-state index contributed by atoms with van der Waals surface area (Å²) in [6, 6.07) is 0. The van der Waals surface area contributed by atoms with E-state index in [-0.39, 0.29) is 6.10 Å². The van der Waals surface area contributed by atoms with Gasteiger partial charge in [-0.3, -0.25) is 0 Å².